The Hall–Kier alpha value is -3.96. The Balaban J connectivity index is 1.59. The smallest absolute Gasteiger partial charge is 0.328 e. The van der Waals surface area contributed by atoms with Gasteiger partial charge in [0.15, 0.2) is 0 Å². The minimum Gasteiger partial charge on any atom is -0.508 e. The first-order chi connectivity index (χ1) is 17.8. The fourth-order valence-electron chi connectivity index (χ4n) is 5.72. The predicted octanol–water partition coefficient (Wildman–Crippen LogP) is 3.90. The molecule has 5 rings (SSSR count). The van der Waals surface area contributed by atoms with Gasteiger partial charge in [0.25, 0.3) is 5.91 Å². The van der Waals surface area contributed by atoms with Crippen LogP contribution in [0.2, 0.25) is 0 Å². The Morgan fingerprint density at radius 1 is 1.27 bits per heavy atom. The molecule has 3 aromatic rings. The molecule has 0 aliphatic carbocycles. The van der Waals surface area contributed by atoms with Gasteiger partial charge < -0.3 is 14.8 Å². The summed E-state index contributed by atoms with van der Waals surface area (Å²) < 4.78 is 5.75. The van der Waals surface area contributed by atoms with E-state index in [0.717, 1.165) is 33.5 Å². The Kier molecular flexibility index (Phi) is 6.34. The van der Waals surface area contributed by atoms with Crippen LogP contribution in [0, 0.1) is 12.3 Å². The highest BCUT2D eigenvalue weighted by molar-refractivity contribution is 6.08. The molecule has 8 heteroatoms. The van der Waals surface area contributed by atoms with Crippen molar-refractivity contribution in [3.63, 3.8) is 0 Å². The van der Waals surface area contributed by atoms with Crippen molar-refractivity contribution in [3.8, 4) is 23.8 Å². The van der Waals surface area contributed by atoms with Gasteiger partial charge in [-0.25, -0.2) is 4.79 Å². The molecule has 1 saturated heterocycles. The van der Waals surface area contributed by atoms with Gasteiger partial charge in [-0.1, -0.05) is 18.1 Å². The summed E-state index contributed by atoms with van der Waals surface area (Å²) in [4.78, 5) is 36.3. The van der Waals surface area contributed by atoms with E-state index in [0.29, 0.717) is 39.1 Å². The number of nitrogens with zero attached hydrogens (tertiary/aromatic N) is 3. The molecule has 0 radical (unpaired) electrons. The number of hydrogen-bond donors (Lipinski definition) is 2. The van der Waals surface area contributed by atoms with E-state index in [2.05, 4.69) is 10.9 Å². The van der Waals surface area contributed by atoms with Crippen molar-refractivity contribution in [1.82, 2.24) is 19.7 Å². The van der Waals surface area contributed by atoms with Crippen molar-refractivity contribution in [2.24, 2.45) is 0 Å². The third-order valence-corrected chi connectivity index (χ3v) is 7.42. The van der Waals surface area contributed by atoms with Crippen LogP contribution in [0.15, 0.2) is 42.5 Å². The molecule has 3 heterocycles. The number of fused-ring (bicyclic) bond motifs is 4. The van der Waals surface area contributed by atoms with E-state index in [1.165, 1.54) is 4.90 Å². The highest BCUT2D eigenvalue weighted by Gasteiger charge is 2.60. The van der Waals surface area contributed by atoms with Crippen LogP contribution in [0.5, 0.6) is 11.5 Å². The van der Waals surface area contributed by atoms with Gasteiger partial charge in [-0.05, 0) is 68.8 Å². The van der Waals surface area contributed by atoms with Gasteiger partial charge in [0, 0.05) is 36.1 Å². The predicted molar refractivity (Wildman–Crippen MR) is 141 cm³/mol. The minimum absolute atomic E-state index is 0.104. The lowest BCUT2D eigenvalue weighted by atomic mass is 9.81. The van der Waals surface area contributed by atoms with Gasteiger partial charge in [0.05, 0.1) is 13.2 Å². The average Bonchev–Trinajstić information content (AvgIpc) is 3.30. The first kappa shape index (κ1) is 24.7. The van der Waals surface area contributed by atoms with Crippen LogP contribution in [-0.4, -0.2) is 75.6 Å². The van der Waals surface area contributed by atoms with Crippen molar-refractivity contribution in [3.05, 3.63) is 59.3 Å². The molecule has 2 N–H and O–H groups in total. The fraction of sp³-hybridized carbons (Fsp3) is 0.379. The first-order valence-corrected chi connectivity index (χ1v) is 12.6. The molecule has 37 heavy (non-hydrogen) atoms. The van der Waals surface area contributed by atoms with Crippen LogP contribution in [0.3, 0.4) is 0 Å². The molecule has 2 atom stereocenters. The number of urea groups is 1. The maximum atomic E-state index is 13.9. The second-order valence-corrected chi connectivity index (χ2v) is 10.0. The van der Waals surface area contributed by atoms with Gasteiger partial charge in [0.2, 0.25) is 0 Å². The molecule has 2 aliphatic heterocycles. The molecule has 192 valence electrons. The number of hydrogen-bond acceptors (Lipinski definition) is 5. The van der Waals surface area contributed by atoms with Gasteiger partial charge in [0.1, 0.15) is 23.1 Å². The van der Waals surface area contributed by atoms with Crippen molar-refractivity contribution in [2.45, 2.75) is 38.3 Å². The molecule has 8 nitrogen and oxygen atoms in total. The van der Waals surface area contributed by atoms with Crippen molar-refractivity contribution in [2.75, 3.05) is 33.3 Å². The van der Waals surface area contributed by atoms with Gasteiger partial charge >= 0.3 is 6.03 Å². The monoisotopic (exact) mass is 500 g/mol. The van der Waals surface area contributed by atoms with Crippen LogP contribution in [0.4, 0.5) is 4.79 Å². The van der Waals surface area contributed by atoms with Crippen LogP contribution in [0.25, 0.3) is 10.9 Å². The Morgan fingerprint density at radius 3 is 2.81 bits per heavy atom. The lowest BCUT2D eigenvalue weighted by Gasteiger charge is -2.42. The molecule has 2 aliphatic rings. The standard InChI is InChI=1S/C29H32N4O4/c1-5-13-31(4)14-8-15-32-27(35)29(3)18-23-22-17-21(37-6-2)11-12-24(22)30-25(23)26(33(29)28(32)36)19-9-7-10-20(34)16-19/h1,7,9-12,16-17,26,30,34H,6,8,13-15,18H2,2-4H3. The number of aromatic nitrogens is 1. The highest BCUT2D eigenvalue weighted by atomic mass is 16.5. The maximum absolute atomic E-state index is 13.9. The summed E-state index contributed by atoms with van der Waals surface area (Å²) in [6, 6.07) is 11.9. The molecular formula is C29H32N4O4. The number of aromatic amines is 1. The molecule has 0 saturated carbocycles. The molecule has 0 spiro atoms. The molecule has 2 unspecified atom stereocenters. The Labute approximate surface area is 216 Å². The number of rotatable bonds is 8. The lowest BCUT2D eigenvalue weighted by molar-refractivity contribution is -0.133. The third kappa shape index (κ3) is 4.09. The number of ether oxygens (including phenoxy) is 1. The summed E-state index contributed by atoms with van der Waals surface area (Å²) in [6.07, 6.45) is 6.40. The number of H-pyrrole nitrogens is 1. The Morgan fingerprint density at radius 2 is 2.08 bits per heavy atom. The zero-order chi connectivity index (χ0) is 26.3. The van der Waals surface area contributed by atoms with Gasteiger partial charge in [-0.3, -0.25) is 19.5 Å². The second-order valence-electron chi connectivity index (χ2n) is 10.0. The minimum atomic E-state index is -1.07. The van der Waals surface area contributed by atoms with E-state index in [-0.39, 0.29) is 17.7 Å². The van der Waals surface area contributed by atoms with Crippen LogP contribution < -0.4 is 4.74 Å². The number of phenolic OH excluding ortho intramolecular Hbond substituents is 1. The molecule has 3 amide bonds. The van der Waals surface area contributed by atoms with Crippen molar-refractivity contribution >= 4 is 22.8 Å². The molecular weight excluding hydrogens is 468 g/mol. The normalized spacial score (nSPS) is 20.9. The van der Waals surface area contributed by atoms with E-state index < -0.39 is 11.6 Å². The van der Waals surface area contributed by atoms with E-state index >= 15 is 0 Å². The topological polar surface area (TPSA) is 89.1 Å². The fourth-order valence-corrected chi connectivity index (χ4v) is 5.72. The third-order valence-electron chi connectivity index (χ3n) is 7.42. The summed E-state index contributed by atoms with van der Waals surface area (Å²) in [5.41, 5.74) is 2.42. The van der Waals surface area contributed by atoms with Gasteiger partial charge in [-0.15, -0.1) is 6.42 Å². The number of amides is 3. The van der Waals surface area contributed by atoms with E-state index in [4.69, 9.17) is 11.2 Å². The largest absolute Gasteiger partial charge is 0.508 e. The van der Waals surface area contributed by atoms with Gasteiger partial charge in [-0.2, -0.15) is 0 Å². The Bertz CT molecular complexity index is 1410. The summed E-state index contributed by atoms with van der Waals surface area (Å²) in [5, 5.41) is 11.3. The molecule has 1 fully saturated rings. The number of carbonyl (C=O) groups is 2. The summed E-state index contributed by atoms with van der Waals surface area (Å²) in [6.45, 7) is 5.84. The first-order valence-electron chi connectivity index (χ1n) is 12.6. The summed E-state index contributed by atoms with van der Waals surface area (Å²) in [5.74, 6) is 3.26. The second kappa shape index (κ2) is 9.49. The summed E-state index contributed by atoms with van der Waals surface area (Å²) >= 11 is 0. The number of phenols is 1. The quantitative estimate of drug-likeness (QED) is 0.362. The highest BCUT2D eigenvalue weighted by Crippen LogP contribution is 2.49. The number of benzene rings is 2. The lowest BCUT2D eigenvalue weighted by Crippen LogP contribution is -2.53. The zero-order valence-electron chi connectivity index (χ0n) is 21.5. The number of nitrogens with one attached hydrogen (secondary N) is 1. The van der Waals surface area contributed by atoms with E-state index in [9.17, 15) is 14.7 Å². The van der Waals surface area contributed by atoms with E-state index in [1.54, 1.807) is 23.1 Å². The van der Waals surface area contributed by atoms with Crippen LogP contribution >= 0.6 is 0 Å². The van der Waals surface area contributed by atoms with Crippen molar-refractivity contribution < 1.29 is 19.4 Å². The molecule has 2 aromatic carbocycles. The maximum Gasteiger partial charge on any atom is 0.328 e. The zero-order valence-corrected chi connectivity index (χ0v) is 21.5. The van der Waals surface area contributed by atoms with Crippen LogP contribution in [0.1, 0.15) is 43.1 Å². The molecule has 0 bridgehead atoms. The number of imide groups is 1. The van der Waals surface area contributed by atoms with Crippen molar-refractivity contribution in [1.29, 1.82) is 0 Å². The van der Waals surface area contributed by atoms with Crippen LogP contribution in [-0.2, 0) is 11.2 Å². The van der Waals surface area contributed by atoms with E-state index in [1.807, 2.05) is 50.1 Å². The number of terminal acetylenes is 1. The average molecular weight is 501 g/mol. The number of carbonyl (C=O) groups excluding carboxylic acids is 2. The number of aromatic hydroxyl groups is 1. The summed E-state index contributed by atoms with van der Waals surface area (Å²) in [7, 11) is 1.92. The molecule has 1 aromatic heterocycles. The SMILES string of the molecule is C#CCN(C)CCCN1C(=O)N2C(c3cccc(O)c3)c3[nH]c4ccc(OCC)cc4c3CC2(C)C1=O.